The summed E-state index contributed by atoms with van der Waals surface area (Å²) in [5.41, 5.74) is -0.102. The van der Waals surface area contributed by atoms with Gasteiger partial charge in [0.1, 0.15) is 6.10 Å². The molecule has 0 aromatic heterocycles. The summed E-state index contributed by atoms with van der Waals surface area (Å²) in [6, 6.07) is 0. The molecule has 0 aromatic carbocycles. The number of methoxy groups -OCH3 is 1. The second kappa shape index (κ2) is 7.86. The van der Waals surface area contributed by atoms with Crippen LogP contribution in [0.1, 0.15) is 66.7 Å². The fourth-order valence-corrected chi connectivity index (χ4v) is 2.30. The van der Waals surface area contributed by atoms with Crippen LogP contribution in [0.4, 0.5) is 0 Å². The third-order valence-corrected chi connectivity index (χ3v) is 3.35. The van der Waals surface area contributed by atoms with Gasteiger partial charge in [-0.05, 0) is 11.3 Å². The third-order valence-electron chi connectivity index (χ3n) is 3.35. The van der Waals surface area contributed by atoms with Crippen molar-refractivity contribution in [3.05, 3.63) is 0 Å². The Kier molecular flexibility index (Phi) is 7.69. The molecule has 0 fully saturated rings. The number of carbonyl (C=O) groups is 1. The van der Waals surface area contributed by atoms with Crippen LogP contribution in [0, 0.1) is 11.3 Å². The van der Waals surface area contributed by atoms with Crippen molar-refractivity contribution < 1.29 is 9.53 Å². The summed E-state index contributed by atoms with van der Waals surface area (Å²) in [4.78, 5) is 12.2. The average molecular weight is 242 g/mol. The van der Waals surface area contributed by atoms with Crippen molar-refractivity contribution in [2.45, 2.75) is 72.8 Å². The van der Waals surface area contributed by atoms with E-state index < -0.39 is 0 Å². The molecule has 2 unspecified atom stereocenters. The molecule has 0 aromatic rings. The average Bonchev–Trinajstić information content (AvgIpc) is 2.22. The van der Waals surface area contributed by atoms with E-state index in [0.717, 1.165) is 6.42 Å². The zero-order chi connectivity index (χ0) is 13.5. The van der Waals surface area contributed by atoms with Gasteiger partial charge in [0.15, 0.2) is 5.78 Å². The highest BCUT2D eigenvalue weighted by molar-refractivity contribution is 5.84. The Bertz CT molecular complexity index is 215. The molecule has 0 bridgehead atoms. The van der Waals surface area contributed by atoms with Crippen LogP contribution in [0.3, 0.4) is 0 Å². The summed E-state index contributed by atoms with van der Waals surface area (Å²) in [6.07, 6.45) is 5.09. The molecule has 0 heterocycles. The van der Waals surface area contributed by atoms with Gasteiger partial charge in [-0.15, -0.1) is 0 Å². The first-order valence-electron chi connectivity index (χ1n) is 6.92. The molecule has 0 aliphatic carbocycles. The fourth-order valence-electron chi connectivity index (χ4n) is 2.30. The molecule has 17 heavy (non-hydrogen) atoms. The fraction of sp³-hybridized carbons (Fsp3) is 0.933. The molecule has 0 rings (SSSR count). The predicted molar refractivity (Wildman–Crippen MR) is 73.2 cm³/mol. The van der Waals surface area contributed by atoms with E-state index in [1.807, 2.05) is 0 Å². The van der Waals surface area contributed by atoms with Crippen LogP contribution < -0.4 is 0 Å². The van der Waals surface area contributed by atoms with Crippen molar-refractivity contribution in [2.24, 2.45) is 11.3 Å². The minimum absolute atomic E-state index is 0.102. The van der Waals surface area contributed by atoms with Crippen LogP contribution in [0.5, 0.6) is 0 Å². The van der Waals surface area contributed by atoms with Gasteiger partial charge in [0.2, 0.25) is 0 Å². The number of unbranched alkanes of at least 4 members (excludes halogenated alkanes) is 1. The van der Waals surface area contributed by atoms with E-state index in [9.17, 15) is 4.79 Å². The summed E-state index contributed by atoms with van der Waals surface area (Å²) < 4.78 is 5.38. The molecule has 0 radical (unpaired) electrons. The molecule has 102 valence electrons. The van der Waals surface area contributed by atoms with Crippen LogP contribution >= 0.6 is 0 Å². The summed E-state index contributed by atoms with van der Waals surface area (Å²) in [7, 11) is 1.64. The Morgan fingerprint density at radius 3 is 2.18 bits per heavy atom. The molecule has 2 heteroatoms. The van der Waals surface area contributed by atoms with Crippen LogP contribution in [-0.4, -0.2) is 19.0 Å². The summed E-state index contributed by atoms with van der Waals surface area (Å²) >= 11 is 0. The quantitative estimate of drug-likeness (QED) is 0.637. The van der Waals surface area contributed by atoms with Crippen molar-refractivity contribution in [2.75, 3.05) is 7.11 Å². The summed E-state index contributed by atoms with van der Waals surface area (Å²) in [5.74, 6) is 0.797. The molecule has 0 aliphatic rings. The molecule has 0 aliphatic heterocycles. The van der Waals surface area contributed by atoms with Gasteiger partial charge in [0, 0.05) is 13.5 Å². The Labute approximate surface area is 107 Å². The van der Waals surface area contributed by atoms with Crippen LogP contribution in [0.15, 0.2) is 0 Å². The van der Waals surface area contributed by atoms with Crippen molar-refractivity contribution in [1.82, 2.24) is 0 Å². The van der Waals surface area contributed by atoms with Crippen molar-refractivity contribution in [3.63, 3.8) is 0 Å². The lowest BCUT2D eigenvalue weighted by atomic mass is 9.82. The van der Waals surface area contributed by atoms with E-state index >= 15 is 0 Å². The number of Topliss-reactive ketones (excluding diaryl/α,β-unsaturated/α-hetero) is 1. The number of ether oxygens (including phenoxy) is 1. The number of hydrogen-bond donors (Lipinski definition) is 0. The van der Waals surface area contributed by atoms with Gasteiger partial charge < -0.3 is 4.74 Å². The molecule has 0 saturated carbocycles. The first-order chi connectivity index (χ1) is 7.86. The maximum Gasteiger partial charge on any atom is 0.162 e. The monoisotopic (exact) mass is 242 g/mol. The number of hydrogen-bond acceptors (Lipinski definition) is 2. The van der Waals surface area contributed by atoms with E-state index in [-0.39, 0.29) is 17.3 Å². The maximum atomic E-state index is 12.2. The summed E-state index contributed by atoms with van der Waals surface area (Å²) in [6.45, 7) is 10.6. The zero-order valence-electron chi connectivity index (χ0n) is 12.5. The summed E-state index contributed by atoms with van der Waals surface area (Å²) in [5, 5.41) is 0. The van der Waals surface area contributed by atoms with Crippen molar-refractivity contribution in [3.8, 4) is 0 Å². The Morgan fingerprint density at radius 1 is 1.24 bits per heavy atom. The van der Waals surface area contributed by atoms with Gasteiger partial charge >= 0.3 is 0 Å². The molecule has 0 N–H and O–H groups in total. The Morgan fingerprint density at radius 2 is 1.82 bits per heavy atom. The Balaban J connectivity index is 4.38. The lowest BCUT2D eigenvalue weighted by molar-refractivity contribution is -0.136. The topological polar surface area (TPSA) is 26.3 Å². The van der Waals surface area contributed by atoms with Crippen molar-refractivity contribution >= 4 is 5.78 Å². The highest BCUT2D eigenvalue weighted by Gasteiger charge is 2.31. The lowest BCUT2D eigenvalue weighted by Gasteiger charge is -2.29. The molecule has 0 amide bonds. The minimum atomic E-state index is -0.266. The van der Waals surface area contributed by atoms with Gasteiger partial charge in [-0.25, -0.2) is 0 Å². The number of rotatable bonds is 8. The highest BCUT2D eigenvalue weighted by Crippen LogP contribution is 2.26. The number of ketones is 1. The van der Waals surface area contributed by atoms with E-state index in [1.54, 1.807) is 7.11 Å². The second-order valence-corrected chi connectivity index (χ2v) is 6.07. The second-order valence-electron chi connectivity index (χ2n) is 6.07. The largest absolute Gasteiger partial charge is 0.373 e. The van der Waals surface area contributed by atoms with Crippen molar-refractivity contribution in [1.29, 1.82) is 0 Å². The van der Waals surface area contributed by atoms with Crippen LogP contribution in [-0.2, 0) is 9.53 Å². The zero-order valence-corrected chi connectivity index (χ0v) is 12.5. The molecule has 0 spiro atoms. The standard InChI is InChI=1S/C15H30O2/c1-7-9-10-12(8-2)11-13(16)14(17-6)15(3,4)5/h12,14H,7-11H2,1-6H3. The molecule has 0 saturated heterocycles. The van der Waals surface area contributed by atoms with Crippen LogP contribution in [0.25, 0.3) is 0 Å². The van der Waals surface area contributed by atoms with Gasteiger partial charge in [-0.1, -0.05) is 60.3 Å². The van der Waals surface area contributed by atoms with Gasteiger partial charge in [0.25, 0.3) is 0 Å². The van der Waals surface area contributed by atoms with E-state index in [0.29, 0.717) is 12.3 Å². The lowest BCUT2D eigenvalue weighted by Crippen LogP contribution is -2.37. The van der Waals surface area contributed by atoms with Gasteiger partial charge in [0.05, 0.1) is 0 Å². The maximum absolute atomic E-state index is 12.2. The highest BCUT2D eigenvalue weighted by atomic mass is 16.5. The Hall–Kier alpha value is -0.370. The van der Waals surface area contributed by atoms with E-state index in [4.69, 9.17) is 4.74 Å². The van der Waals surface area contributed by atoms with E-state index in [1.165, 1.54) is 19.3 Å². The SMILES string of the molecule is CCCCC(CC)CC(=O)C(OC)C(C)(C)C. The smallest absolute Gasteiger partial charge is 0.162 e. The van der Waals surface area contributed by atoms with Gasteiger partial charge in [-0.2, -0.15) is 0 Å². The molecular formula is C15H30O2. The first-order valence-corrected chi connectivity index (χ1v) is 6.92. The number of carbonyl (C=O) groups excluding carboxylic acids is 1. The molecule has 2 nitrogen and oxygen atoms in total. The first kappa shape index (κ1) is 16.6. The normalized spacial score (nSPS) is 15.6. The predicted octanol–water partition coefficient (Wildman–Crippen LogP) is 4.22. The minimum Gasteiger partial charge on any atom is -0.373 e. The van der Waals surface area contributed by atoms with Gasteiger partial charge in [-0.3, -0.25) is 4.79 Å². The molecule has 2 atom stereocenters. The van der Waals surface area contributed by atoms with Crippen LogP contribution in [0.2, 0.25) is 0 Å². The third kappa shape index (κ3) is 6.21. The molecular weight excluding hydrogens is 212 g/mol. The van der Waals surface area contributed by atoms with E-state index in [2.05, 4.69) is 34.6 Å².